The summed E-state index contributed by atoms with van der Waals surface area (Å²) in [6.07, 6.45) is -0.344. The number of thioether (sulfide) groups is 1. The van der Waals surface area contributed by atoms with Crippen LogP contribution in [-0.4, -0.2) is 40.2 Å². The van der Waals surface area contributed by atoms with E-state index in [1.165, 1.54) is 11.1 Å². The molecule has 4 nitrogen and oxygen atoms in total. The third kappa shape index (κ3) is 5.76. The van der Waals surface area contributed by atoms with Crippen molar-refractivity contribution in [3.05, 3.63) is 71.8 Å². The quantitative estimate of drug-likeness (QED) is 0.734. The standard InChI is InChI=1S/C23H30N2O2S/c1-22(2,3)27-21(26)24-16-23(17-28-18-23)25(14-19-10-6-4-7-11-19)15-20-12-8-5-9-13-20/h4-13H,14-18H2,1-3H3,(H,24,26). The fraction of sp³-hybridized carbons (Fsp3) is 0.435. The second-order valence-corrected chi connectivity index (χ2v) is 9.39. The van der Waals surface area contributed by atoms with Crippen LogP contribution in [0, 0.1) is 0 Å². The van der Waals surface area contributed by atoms with Crippen molar-refractivity contribution in [1.82, 2.24) is 10.2 Å². The van der Waals surface area contributed by atoms with Crippen molar-refractivity contribution in [1.29, 1.82) is 0 Å². The zero-order valence-electron chi connectivity index (χ0n) is 17.0. The van der Waals surface area contributed by atoms with Gasteiger partial charge >= 0.3 is 6.09 Å². The summed E-state index contributed by atoms with van der Waals surface area (Å²) >= 11 is 1.92. The number of hydrogen-bond acceptors (Lipinski definition) is 4. The van der Waals surface area contributed by atoms with Gasteiger partial charge in [0.1, 0.15) is 5.60 Å². The van der Waals surface area contributed by atoms with Gasteiger partial charge in [-0.1, -0.05) is 60.7 Å². The zero-order chi connectivity index (χ0) is 20.0. The fourth-order valence-electron chi connectivity index (χ4n) is 3.28. The highest BCUT2D eigenvalue weighted by atomic mass is 32.2. The third-order valence-corrected chi connectivity index (χ3v) is 6.29. The lowest BCUT2D eigenvalue weighted by atomic mass is 9.98. The van der Waals surface area contributed by atoms with Crippen LogP contribution in [0.4, 0.5) is 4.79 Å². The van der Waals surface area contributed by atoms with Crippen LogP contribution < -0.4 is 5.32 Å². The van der Waals surface area contributed by atoms with Crippen molar-refractivity contribution in [3.8, 4) is 0 Å². The number of hydrogen-bond donors (Lipinski definition) is 1. The minimum absolute atomic E-state index is 0.0622. The molecule has 3 rings (SSSR count). The number of alkyl carbamates (subject to hydrolysis) is 1. The smallest absolute Gasteiger partial charge is 0.407 e. The van der Waals surface area contributed by atoms with Gasteiger partial charge < -0.3 is 10.1 Å². The lowest BCUT2D eigenvalue weighted by molar-refractivity contribution is 0.0448. The van der Waals surface area contributed by atoms with Crippen LogP contribution in [-0.2, 0) is 17.8 Å². The minimum atomic E-state index is -0.487. The van der Waals surface area contributed by atoms with Crippen LogP contribution >= 0.6 is 11.8 Å². The SMILES string of the molecule is CC(C)(C)OC(=O)NCC1(N(Cc2ccccc2)Cc2ccccc2)CSC1. The molecule has 1 fully saturated rings. The van der Waals surface area contributed by atoms with E-state index in [-0.39, 0.29) is 11.6 Å². The van der Waals surface area contributed by atoms with Crippen LogP contribution in [0.5, 0.6) is 0 Å². The Kier molecular flexibility index (Phi) is 6.68. The highest BCUT2D eigenvalue weighted by Gasteiger charge is 2.43. The third-order valence-electron chi connectivity index (χ3n) is 4.81. The molecule has 1 amide bonds. The molecule has 0 aromatic heterocycles. The molecular formula is C23H30N2O2S. The number of rotatable bonds is 7. The predicted molar refractivity (Wildman–Crippen MR) is 116 cm³/mol. The summed E-state index contributed by atoms with van der Waals surface area (Å²) in [5, 5.41) is 3.02. The molecule has 0 radical (unpaired) electrons. The van der Waals surface area contributed by atoms with Crippen LogP contribution in [0.15, 0.2) is 60.7 Å². The number of benzene rings is 2. The normalized spacial score (nSPS) is 15.7. The maximum absolute atomic E-state index is 12.2. The zero-order valence-corrected chi connectivity index (χ0v) is 17.8. The summed E-state index contributed by atoms with van der Waals surface area (Å²) in [5.41, 5.74) is 2.02. The average Bonchev–Trinajstić information content (AvgIpc) is 2.61. The molecule has 1 saturated heterocycles. The number of nitrogens with zero attached hydrogens (tertiary/aromatic N) is 1. The fourth-order valence-corrected chi connectivity index (χ4v) is 4.53. The molecule has 1 heterocycles. The van der Waals surface area contributed by atoms with Crippen LogP contribution in [0.2, 0.25) is 0 Å². The Bertz CT molecular complexity index is 714. The van der Waals surface area contributed by atoms with Crippen LogP contribution in [0.1, 0.15) is 31.9 Å². The van der Waals surface area contributed by atoms with Gasteiger partial charge in [-0.2, -0.15) is 11.8 Å². The summed E-state index contributed by atoms with van der Waals surface area (Å²) in [6.45, 7) is 7.96. The Morgan fingerprint density at radius 3 is 1.89 bits per heavy atom. The molecule has 0 bridgehead atoms. The molecule has 1 aliphatic rings. The predicted octanol–water partition coefficient (Wildman–Crippen LogP) is 4.70. The van der Waals surface area contributed by atoms with Crippen molar-refractivity contribution in [2.45, 2.75) is 45.0 Å². The summed E-state index contributed by atoms with van der Waals surface area (Å²) in [4.78, 5) is 14.7. The number of nitrogens with one attached hydrogen (secondary N) is 1. The molecule has 5 heteroatoms. The number of carbonyl (C=O) groups is 1. The summed E-state index contributed by atoms with van der Waals surface area (Å²) in [6, 6.07) is 21.1. The van der Waals surface area contributed by atoms with Gasteiger partial charge in [-0.15, -0.1) is 0 Å². The van der Waals surface area contributed by atoms with E-state index < -0.39 is 5.60 Å². The maximum atomic E-state index is 12.2. The first-order valence-corrected chi connectivity index (χ1v) is 10.9. The van der Waals surface area contributed by atoms with Crippen LogP contribution in [0.25, 0.3) is 0 Å². The molecule has 1 aliphatic heterocycles. The molecule has 0 unspecified atom stereocenters. The minimum Gasteiger partial charge on any atom is -0.444 e. The summed E-state index contributed by atoms with van der Waals surface area (Å²) in [7, 11) is 0. The number of carbonyl (C=O) groups excluding carboxylic acids is 1. The van der Waals surface area contributed by atoms with Crippen molar-refractivity contribution in [3.63, 3.8) is 0 Å². The first-order valence-electron chi connectivity index (χ1n) is 9.74. The monoisotopic (exact) mass is 398 g/mol. The highest BCUT2D eigenvalue weighted by Crippen LogP contribution is 2.37. The van der Waals surface area contributed by atoms with Gasteiger partial charge in [-0.25, -0.2) is 4.79 Å². The Labute approximate surface area is 172 Å². The van der Waals surface area contributed by atoms with Gasteiger partial charge in [0.05, 0.1) is 5.54 Å². The van der Waals surface area contributed by atoms with E-state index in [9.17, 15) is 4.79 Å². The Morgan fingerprint density at radius 1 is 1.00 bits per heavy atom. The molecular weight excluding hydrogens is 368 g/mol. The van der Waals surface area contributed by atoms with Gasteiger partial charge in [-0.05, 0) is 31.9 Å². The van der Waals surface area contributed by atoms with E-state index in [1.54, 1.807) is 0 Å². The van der Waals surface area contributed by atoms with Crippen molar-refractivity contribution >= 4 is 17.9 Å². The van der Waals surface area contributed by atoms with Crippen molar-refractivity contribution in [2.75, 3.05) is 18.1 Å². The first-order chi connectivity index (χ1) is 13.4. The first kappa shape index (κ1) is 20.7. The lowest BCUT2D eigenvalue weighted by Gasteiger charge is -2.50. The Balaban J connectivity index is 1.75. The Hall–Kier alpha value is -1.98. The molecule has 0 spiro atoms. The molecule has 2 aromatic carbocycles. The van der Waals surface area contributed by atoms with Crippen LogP contribution in [0.3, 0.4) is 0 Å². The summed E-state index contributed by atoms with van der Waals surface area (Å²) < 4.78 is 5.44. The second kappa shape index (κ2) is 9.01. The van der Waals surface area contributed by atoms with E-state index in [4.69, 9.17) is 4.74 Å². The van der Waals surface area contributed by atoms with E-state index >= 15 is 0 Å². The van der Waals surface area contributed by atoms with Gasteiger partial charge in [-0.3, -0.25) is 4.90 Å². The largest absolute Gasteiger partial charge is 0.444 e. The van der Waals surface area contributed by atoms with Gasteiger partial charge in [0.2, 0.25) is 0 Å². The second-order valence-electron chi connectivity index (χ2n) is 8.40. The highest BCUT2D eigenvalue weighted by molar-refractivity contribution is 8.00. The number of amides is 1. The number of ether oxygens (including phenoxy) is 1. The molecule has 0 atom stereocenters. The lowest BCUT2D eigenvalue weighted by Crippen LogP contribution is -2.63. The molecule has 28 heavy (non-hydrogen) atoms. The molecule has 2 aromatic rings. The average molecular weight is 399 g/mol. The van der Waals surface area contributed by atoms with E-state index in [1.807, 2.05) is 44.7 Å². The molecule has 0 aliphatic carbocycles. The van der Waals surface area contributed by atoms with Gasteiger partial charge in [0.15, 0.2) is 0 Å². The maximum Gasteiger partial charge on any atom is 0.407 e. The van der Waals surface area contributed by atoms with E-state index in [2.05, 4.69) is 58.7 Å². The molecule has 1 N–H and O–H groups in total. The van der Waals surface area contributed by atoms with Crippen molar-refractivity contribution < 1.29 is 9.53 Å². The molecule has 150 valence electrons. The summed E-state index contributed by atoms with van der Waals surface area (Å²) in [5.74, 6) is 2.00. The van der Waals surface area contributed by atoms with Crippen molar-refractivity contribution in [2.24, 2.45) is 0 Å². The topological polar surface area (TPSA) is 41.6 Å². The van der Waals surface area contributed by atoms with Gasteiger partial charge in [0.25, 0.3) is 0 Å². The van der Waals surface area contributed by atoms with E-state index in [0.29, 0.717) is 6.54 Å². The molecule has 0 saturated carbocycles. The van der Waals surface area contributed by atoms with Gasteiger partial charge in [0, 0.05) is 31.1 Å². The Morgan fingerprint density at radius 2 is 1.50 bits per heavy atom. The van der Waals surface area contributed by atoms with E-state index in [0.717, 1.165) is 24.6 Å².